The lowest BCUT2D eigenvalue weighted by molar-refractivity contribution is 0.0174. The molecule has 1 aromatic rings. The average Bonchev–Trinajstić information content (AvgIpc) is 2.44. The third-order valence-electron chi connectivity index (χ3n) is 5.32. The molecule has 2 atom stereocenters. The van der Waals surface area contributed by atoms with Gasteiger partial charge < -0.3 is 5.32 Å². The predicted molar refractivity (Wildman–Crippen MR) is 76.5 cm³/mol. The van der Waals surface area contributed by atoms with Crippen LogP contribution in [0.15, 0.2) is 24.3 Å². The maximum atomic E-state index is 13.3. The highest BCUT2D eigenvalue weighted by atomic mass is 19.1. The summed E-state index contributed by atoms with van der Waals surface area (Å²) in [5, 5.41) is 3.75. The zero-order chi connectivity index (χ0) is 13.3. The first-order valence-electron chi connectivity index (χ1n) is 7.71. The highest BCUT2D eigenvalue weighted by Crippen LogP contribution is 2.52. The van der Waals surface area contributed by atoms with Gasteiger partial charge in [0.1, 0.15) is 5.82 Å². The maximum Gasteiger partial charge on any atom is 0.123 e. The standard InChI is InChI=1S/C17H24FN/c1-13(14-6-5-7-15(18)12-14)19-16-8-11-17(16)9-3-2-4-10-17/h5-7,12-13,16,19H,2-4,8-11H2,1H3. The first-order valence-corrected chi connectivity index (χ1v) is 7.71. The molecule has 2 aliphatic rings. The van der Waals surface area contributed by atoms with Crippen LogP contribution in [0.4, 0.5) is 4.39 Å². The van der Waals surface area contributed by atoms with E-state index >= 15 is 0 Å². The zero-order valence-corrected chi connectivity index (χ0v) is 11.8. The second kappa shape index (κ2) is 5.24. The van der Waals surface area contributed by atoms with Crippen LogP contribution in [0.2, 0.25) is 0 Å². The Morgan fingerprint density at radius 2 is 2.00 bits per heavy atom. The first-order chi connectivity index (χ1) is 9.20. The van der Waals surface area contributed by atoms with Crippen LogP contribution in [-0.2, 0) is 0 Å². The van der Waals surface area contributed by atoms with E-state index in [2.05, 4.69) is 12.2 Å². The van der Waals surface area contributed by atoms with Crippen molar-refractivity contribution in [1.29, 1.82) is 0 Å². The Kier molecular flexibility index (Phi) is 3.62. The second-order valence-electron chi connectivity index (χ2n) is 6.46. The lowest BCUT2D eigenvalue weighted by Gasteiger charge is -2.53. The van der Waals surface area contributed by atoms with Gasteiger partial charge in [0.2, 0.25) is 0 Å². The molecular weight excluding hydrogens is 237 g/mol. The van der Waals surface area contributed by atoms with Gasteiger partial charge in [-0.25, -0.2) is 4.39 Å². The molecule has 0 saturated heterocycles. The predicted octanol–water partition coefficient (Wildman–Crippen LogP) is 4.59. The molecule has 2 fully saturated rings. The van der Waals surface area contributed by atoms with Crippen molar-refractivity contribution in [3.05, 3.63) is 35.6 Å². The molecule has 1 aromatic carbocycles. The summed E-state index contributed by atoms with van der Waals surface area (Å²) in [5.41, 5.74) is 1.64. The number of benzene rings is 1. The largest absolute Gasteiger partial charge is 0.307 e. The molecule has 19 heavy (non-hydrogen) atoms. The van der Waals surface area contributed by atoms with Crippen molar-refractivity contribution in [2.45, 2.75) is 64.0 Å². The van der Waals surface area contributed by atoms with Crippen LogP contribution in [0, 0.1) is 11.2 Å². The number of rotatable bonds is 3. The van der Waals surface area contributed by atoms with E-state index in [1.54, 1.807) is 12.1 Å². The van der Waals surface area contributed by atoms with Crippen molar-refractivity contribution in [2.75, 3.05) is 0 Å². The Labute approximate surface area is 115 Å². The molecule has 1 spiro atoms. The minimum atomic E-state index is -0.132. The number of halogens is 1. The van der Waals surface area contributed by atoms with Gasteiger partial charge in [-0.2, -0.15) is 0 Å². The number of hydrogen-bond acceptors (Lipinski definition) is 1. The van der Waals surface area contributed by atoms with E-state index in [1.807, 2.05) is 6.07 Å². The SMILES string of the molecule is CC(NC1CCC12CCCCC2)c1cccc(F)c1. The van der Waals surface area contributed by atoms with Gasteiger partial charge in [0.25, 0.3) is 0 Å². The molecule has 2 aliphatic carbocycles. The van der Waals surface area contributed by atoms with Gasteiger partial charge in [-0.3, -0.25) is 0 Å². The topological polar surface area (TPSA) is 12.0 Å². The van der Waals surface area contributed by atoms with E-state index in [0.29, 0.717) is 11.5 Å². The van der Waals surface area contributed by atoms with Crippen molar-refractivity contribution in [1.82, 2.24) is 5.32 Å². The fourth-order valence-electron chi connectivity index (χ4n) is 3.99. The summed E-state index contributed by atoms with van der Waals surface area (Å²) in [6.45, 7) is 2.16. The molecule has 0 bridgehead atoms. The van der Waals surface area contributed by atoms with Crippen LogP contribution in [0.3, 0.4) is 0 Å². The third-order valence-corrected chi connectivity index (χ3v) is 5.32. The maximum absolute atomic E-state index is 13.3. The van der Waals surface area contributed by atoms with Gasteiger partial charge in [-0.1, -0.05) is 31.4 Å². The van der Waals surface area contributed by atoms with Gasteiger partial charge in [0.05, 0.1) is 0 Å². The van der Waals surface area contributed by atoms with Crippen LogP contribution in [-0.4, -0.2) is 6.04 Å². The summed E-state index contributed by atoms with van der Waals surface area (Å²) >= 11 is 0. The normalized spacial score (nSPS) is 26.9. The van der Waals surface area contributed by atoms with Gasteiger partial charge in [0.15, 0.2) is 0 Å². The molecule has 0 radical (unpaired) electrons. The Morgan fingerprint density at radius 1 is 1.21 bits per heavy atom. The first kappa shape index (κ1) is 13.1. The van der Waals surface area contributed by atoms with Crippen molar-refractivity contribution in [3.63, 3.8) is 0 Å². The van der Waals surface area contributed by atoms with E-state index in [-0.39, 0.29) is 11.9 Å². The lowest BCUT2D eigenvalue weighted by Crippen LogP contribution is -2.54. The molecule has 1 N–H and O–H groups in total. The van der Waals surface area contributed by atoms with Crippen molar-refractivity contribution in [2.24, 2.45) is 5.41 Å². The molecule has 1 nitrogen and oxygen atoms in total. The molecule has 2 saturated carbocycles. The summed E-state index contributed by atoms with van der Waals surface area (Å²) in [5.74, 6) is -0.132. The van der Waals surface area contributed by atoms with Gasteiger partial charge in [-0.05, 0) is 55.7 Å². The molecule has 2 unspecified atom stereocenters. The highest BCUT2D eigenvalue weighted by Gasteiger charge is 2.46. The second-order valence-corrected chi connectivity index (χ2v) is 6.46. The van der Waals surface area contributed by atoms with Gasteiger partial charge in [0, 0.05) is 12.1 Å². The quantitative estimate of drug-likeness (QED) is 0.839. The van der Waals surface area contributed by atoms with Crippen molar-refractivity contribution in [3.8, 4) is 0 Å². The van der Waals surface area contributed by atoms with Crippen LogP contribution in [0.5, 0.6) is 0 Å². The molecule has 0 aliphatic heterocycles. The van der Waals surface area contributed by atoms with E-state index in [1.165, 1.54) is 51.0 Å². The Balaban J connectivity index is 1.65. The molecule has 0 aromatic heterocycles. The van der Waals surface area contributed by atoms with Crippen LogP contribution < -0.4 is 5.32 Å². The monoisotopic (exact) mass is 261 g/mol. The number of hydrogen-bond donors (Lipinski definition) is 1. The molecule has 104 valence electrons. The fraction of sp³-hybridized carbons (Fsp3) is 0.647. The van der Waals surface area contributed by atoms with Gasteiger partial charge >= 0.3 is 0 Å². The third kappa shape index (κ3) is 2.55. The van der Waals surface area contributed by atoms with Crippen LogP contribution in [0.1, 0.15) is 63.5 Å². The minimum Gasteiger partial charge on any atom is -0.307 e. The van der Waals surface area contributed by atoms with E-state index in [9.17, 15) is 4.39 Å². The zero-order valence-electron chi connectivity index (χ0n) is 11.8. The summed E-state index contributed by atoms with van der Waals surface area (Å²) < 4.78 is 13.3. The summed E-state index contributed by atoms with van der Waals surface area (Å²) in [6, 6.07) is 7.89. The van der Waals surface area contributed by atoms with Crippen molar-refractivity contribution < 1.29 is 4.39 Å². The van der Waals surface area contributed by atoms with E-state index in [4.69, 9.17) is 0 Å². The smallest absolute Gasteiger partial charge is 0.123 e. The Morgan fingerprint density at radius 3 is 2.63 bits per heavy atom. The van der Waals surface area contributed by atoms with E-state index in [0.717, 1.165) is 5.56 Å². The summed E-state index contributed by atoms with van der Waals surface area (Å²) in [7, 11) is 0. The minimum absolute atomic E-state index is 0.132. The molecule has 3 rings (SSSR count). The Hall–Kier alpha value is -0.890. The summed E-state index contributed by atoms with van der Waals surface area (Å²) in [6.07, 6.45) is 9.66. The van der Waals surface area contributed by atoms with Gasteiger partial charge in [-0.15, -0.1) is 0 Å². The molecule has 2 heteroatoms. The molecular formula is C17H24FN. The summed E-state index contributed by atoms with van der Waals surface area (Å²) in [4.78, 5) is 0. The highest BCUT2D eigenvalue weighted by molar-refractivity contribution is 5.20. The lowest BCUT2D eigenvalue weighted by atomic mass is 9.57. The fourth-order valence-corrected chi connectivity index (χ4v) is 3.99. The van der Waals surface area contributed by atoms with Crippen molar-refractivity contribution >= 4 is 0 Å². The van der Waals surface area contributed by atoms with Crippen LogP contribution in [0.25, 0.3) is 0 Å². The number of nitrogens with one attached hydrogen (secondary N) is 1. The van der Waals surface area contributed by atoms with E-state index < -0.39 is 0 Å². The average molecular weight is 261 g/mol. The molecule has 0 heterocycles. The van der Waals surface area contributed by atoms with Crippen LogP contribution >= 0.6 is 0 Å². The molecule has 0 amide bonds. The Bertz CT molecular complexity index is 437.